The van der Waals surface area contributed by atoms with Crippen molar-refractivity contribution in [2.45, 2.75) is 25.9 Å². The van der Waals surface area contributed by atoms with Gasteiger partial charge in [0.05, 0.1) is 11.5 Å². The second-order valence-electron chi connectivity index (χ2n) is 7.01. The van der Waals surface area contributed by atoms with Crippen LogP contribution in [0.25, 0.3) is 0 Å². The van der Waals surface area contributed by atoms with Crippen LogP contribution in [0.1, 0.15) is 30.9 Å². The zero-order chi connectivity index (χ0) is 23.1. The summed E-state index contributed by atoms with van der Waals surface area (Å²) >= 11 is 3.30. The predicted octanol–water partition coefficient (Wildman–Crippen LogP) is 3.85. The Hall–Kier alpha value is -3.07. The fourth-order valence-corrected chi connectivity index (χ4v) is 4.01. The Balaban J connectivity index is 2.29. The first-order valence-corrected chi connectivity index (χ1v) is 9.88. The molecule has 31 heavy (non-hydrogen) atoms. The topological polar surface area (TPSA) is 86.5 Å². The summed E-state index contributed by atoms with van der Waals surface area (Å²) in [4.78, 5) is 25.8. The van der Waals surface area contributed by atoms with Gasteiger partial charge in [0, 0.05) is 32.9 Å². The molecule has 2 aromatic carbocycles. The highest BCUT2D eigenvalue weighted by Crippen LogP contribution is 2.43. The lowest BCUT2D eigenvalue weighted by molar-refractivity contribution is -0.299. The van der Waals surface area contributed by atoms with Gasteiger partial charge in [-0.25, -0.2) is 0 Å². The van der Waals surface area contributed by atoms with Crippen molar-refractivity contribution in [2.75, 3.05) is 4.90 Å². The minimum absolute atomic E-state index is 0.0171. The number of anilines is 1. The molecule has 0 saturated heterocycles. The summed E-state index contributed by atoms with van der Waals surface area (Å²) < 4.78 is 40.4. The third-order valence-corrected chi connectivity index (χ3v) is 5.58. The van der Waals surface area contributed by atoms with E-state index in [1.54, 1.807) is 24.3 Å². The number of ketones is 1. The van der Waals surface area contributed by atoms with Gasteiger partial charge in [-0.15, -0.1) is 0 Å². The Labute approximate surface area is 184 Å². The van der Waals surface area contributed by atoms with Gasteiger partial charge in [0.1, 0.15) is 5.82 Å². The lowest BCUT2D eigenvalue weighted by Gasteiger charge is -2.38. The van der Waals surface area contributed by atoms with Crippen molar-refractivity contribution >= 4 is 33.4 Å². The van der Waals surface area contributed by atoms with E-state index in [1.807, 2.05) is 0 Å². The molecular formula is C22H17BrF3N2O3-. The fourth-order valence-electron chi connectivity index (χ4n) is 3.75. The van der Waals surface area contributed by atoms with E-state index in [9.17, 15) is 27.9 Å². The number of Topliss-reactive ketones (excluding diaryl/α,β-unsaturated/α-hetero) is 1. The monoisotopic (exact) mass is 493 g/mol. The van der Waals surface area contributed by atoms with E-state index in [4.69, 9.17) is 5.73 Å². The lowest BCUT2D eigenvalue weighted by atomic mass is 9.79. The molecule has 1 aliphatic heterocycles. The summed E-state index contributed by atoms with van der Waals surface area (Å²) in [6.07, 6.45) is -4.61. The van der Waals surface area contributed by atoms with Gasteiger partial charge in [0.25, 0.3) is 0 Å². The number of carboxylic acids is 1. The standard InChI is InChI=1S/C22H18BrF3N2O3/c1-11-17(12(2)29)18(13-6-8-15(23)9-7-13)19(21(30)31)20(27)28(11)16-5-3-4-14(10-16)22(24,25)26/h3-10,18H,27H2,1-2H3,(H,30,31)/p-1. The van der Waals surface area contributed by atoms with Crippen LogP contribution in [0.4, 0.5) is 18.9 Å². The minimum Gasteiger partial charge on any atom is -0.545 e. The first-order valence-electron chi connectivity index (χ1n) is 9.09. The maximum atomic E-state index is 13.2. The molecule has 0 amide bonds. The number of benzene rings is 2. The smallest absolute Gasteiger partial charge is 0.416 e. The minimum atomic E-state index is -4.61. The normalized spacial score (nSPS) is 17.2. The van der Waals surface area contributed by atoms with Crippen LogP contribution >= 0.6 is 15.9 Å². The number of alkyl halides is 3. The van der Waals surface area contributed by atoms with Crippen molar-refractivity contribution in [1.82, 2.24) is 0 Å². The van der Waals surface area contributed by atoms with Crippen molar-refractivity contribution in [3.05, 3.63) is 86.8 Å². The first-order chi connectivity index (χ1) is 14.4. The van der Waals surface area contributed by atoms with Gasteiger partial charge in [0.2, 0.25) is 0 Å². The molecule has 2 aromatic rings. The van der Waals surface area contributed by atoms with Crippen molar-refractivity contribution in [3.63, 3.8) is 0 Å². The van der Waals surface area contributed by atoms with Gasteiger partial charge in [-0.3, -0.25) is 4.79 Å². The van der Waals surface area contributed by atoms with Crippen molar-refractivity contribution in [3.8, 4) is 0 Å². The second kappa shape index (κ2) is 8.22. The number of nitrogens with two attached hydrogens (primary N) is 1. The molecule has 0 aromatic heterocycles. The molecule has 1 heterocycles. The molecule has 162 valence electrons. The zero-order valence-electron chi connectivity index (χ0n) is 16.5. The molecule has 1 atom stereocenters. The second-order valence-corrected chi connectivity index (χ2v) is 7.93. The van der Waals surface area contributed by atoms with Gasteiger partial charge in [0.15, 0.2) is 5.78 Å². The maximum Gasteiger partial charge on any atom is 0.416 e. The number of rotatable bonds is 4. The van der Waals surface area contributed by atoms with E-state index in [2.05, 4.69) is 15.9 Å². The molecule has 2 N–H and O–H groups in total. The van der Waals surface area contributed by atoms with Crippen LogP contribution in [-0.4, -0.2) is 11.8 Å². The van der Waals surface area contributed by atoms with E-state index >= 15 is 0 Å². The van der Waals surface area contributed by atoms with E-state index in [0.29, 0.717) is 5.56 Å². The molecule has 5 nitrogen and oxygen atoms in total. The number of halogens is 4. The molecular weight excluding hydrogens is 477 g/mol. The molecule has 1 aliphatic rings. The van der Waals surface area contributed by atoms with E-state index in [0.717, 1.165) is 21.5 Å². The van der Waals surface area contributed by atoms with Crippen LogP contribution in [-0.2, 0) is 15.8 Å². The number of hydrogen-bond donors (Lipinski definition) is 1. The van der Waals surface area contributed by atoms with Crippen LogP contribution in [0.2, 0.25) is 0 Å². The number of hydrogen-bond acceptors (Lipinski definition) is 5. The Morgan fingerprint density at radius 2 is 1.71 bits per heavy atom. The van der Waals surface area contributed by atoms with Crippen molar-refractivity contribution in [2.24, 2.45) is 5.73 Å². The van der Waals surface area contributed by atoms with Gasteiger partial charge in [-0.1, -0.05) is 34.1 Å². The molecule has 0 aliphatic carbocycles. The molecule has 0 bridgehead atoms. The third-order valence-electron chi connectivity index (χ3n) is 5.05. The number of carbonyl (C=O) groups is 2. The fraction of sp³-hybridized carbons (Fsp3) is 0.182. The van der Waals surface area contributed by atoms with Gasteiger partial charge in [-0.2, -0.15) is 13.2 Å². The van der Waals surface area contributed by atoms with Crippen LogP contribution in [0.3, 0.4) is 0 Å². The Morgan fingerprint density at radius 1 is 1.10 bits per heavy atom. The van der Waals surface area contributed by atoms with Crippen molar-refractivity contribution < 1.29 is 27.9 Å². The summed E-state index contributed by atoms with van der Waals surface area (Å²) in [7, 11) is 0. The number of aliphatic carboxylic acids is 1. The van der Waals surface area contributed by atoms with E-state index in [-0.39, 0.29) is 22.8 Å². The Kier molecular flexibility index (Phi) is 6.00. The lowest BCUT2D eigenvalue weighted by Crippen LogP contribution is -2.41. The first kappa shape index (κ1) is 22.6. The average molecular weight is 494 g/mol. The van der Waals surface area contributed by atoms with Gasteiger partial charge < -0.3 is 20.5 Å². The summed E-state index contributed by atoms with van der Waals surface area (Å²) in [6, 6.07) is 10.9. The molecule has 0 radical (unpaired) electrons. The Bertz CT molecular complexity index is 1080. The summed E-state index contributed by atoms with van der Waals surface area (Å²) in [6.45, 7) is 2.78. The quantitative estimate of drug-likeness (QED) is 0.698. The highest BCUT2D eigenvalue weighted by molar-refractivity contribution is 9.10. The van der Waals surface area contributed by atoms with Gasteiger partial charge >= 0.3 is 6.18 Å². The maximum absolute atomic E-state index is 13.2. The highest BCUT2D eigenvalue weighted by atomic mass is 79.9. The summed E-state index contributed by atoms with van der Waals surface area (Å²) in [5, 5.41) is 12.1. The Morgan fingerprint density at radius 3 is 2.23 bits per heavy atom. The number of allylic oxidation sites excluding steroid dienone is 2. The largest absolute Gasteiger partial charge is 0.545 e. The molecule has 9 heteroatoms. The van der Waals surface area contributed by atoms with Crippen molar-refractivity contribution in [1.29, 1.82) is 0 Å². The molecule has 1 unspecified atom stereocenters. The SMILES string of the molecule is CC(=O)C1=C(C)N(c2cccc(C(F)(F)F)c2)C(N)=C(C(=O)[O-])C1c1ccc(Br)cc1. The van der Waals surface area contributed by atoms with Crippen LogP contribution in [0.15, 0.2) is 75.7 Å². The van der Waals surface area contributed by atoms with Crippen LogP contribution in [0, 0.1) is 0 Å². The van der Waals surface area contributed by atoms with E-state index in [1.165, 1.54) is 26.0 Å². The third kappa shape index (κ3) is 4.23. The highest BCUT2D eigenvalue weighted by Gasteiger charge is 2.37. The summed E-state index contributed by atoms with van der Waals surface area (Å²) in [5.74, 6) is -3.39. The van der Waals surface area contributed by atoms with Gasteiger partial charge in [-0.05, 0) is 49.7 Å². The molecule has 0 fully saturated rings. The zero-order valence-corrected chi connectivity index (χ0v) is 18.0. The number of carboxylic acid groups (broad SMARTS) is 1. The van der Waals surface area contributed by atoms with Crippen LogP contribution in [0.5, 0.6) is 0 Å². The predicted molar refractivity (Wildman–Crippen MR) is 110 cm³/mol. The number of nitrogens with zero attached hydrogens (tertiary/aromatic N) is 1. The molecule has 3 rings (SSSR count). The molecule has 0 spiro atoms. The van der Waals surface area contributed by atoms with E-state index < -0.39 is 35.0 Å². The molecule has 0 saturated carbocycles. The average Bonchev–Trinajstić information content (AvgIpc) is 2.67. The number of carbonyl (C=O) groups excluding carboxylic acids is 2. The summed E-state index contributed by atoms with van der Waals surface area (Å²) in [5.41, 5.74) is 5.66. The van der Waals surface area contributed by atoms with Crippen LogP contribution < -0.4 is 15.7 Å².